The lowest BCUT2D eigenvalue weighted by atomic mass is 10.1. The van der Waals surface area contributed by atoms with Gasteiger partial charge in [-0.05, 0) is 57.7 Å². The van der Waals surface area contributed by atoms with Crippen LogP contribution in [0.5, 0.6) is 5.75 Å². The molecule has 0 unspecified atom stereocenters. The van der Waals surface area contributed by atoms with Crippen molar-refractivity contribution in [3.05, 3.63) is 99.0 Å². The molecular formula is C24H21BrClN3O3. The van der Waals surface area contributed by atoms with Gasteiger partial charge in [0.1, 0.15) is 12.4 Å². The van der Waals surface area contributed by atoms with Crippen LogP contribution < -0.4 is 15.5 Å². The summed E-state index contributed by atoms with van der Waals surface area (Å²) in [6, 6.07) is 22.5. The summed E-state index contributed by atoms with van der Waals surface area (Å²) >= 11 is 9.60. The molecule has 3 rings (SSSR count). The highest BCUT2D eigenvalue weighted by Crippen LogP contribution is 2.27. The van der Waals surface area contributed by atoms with Gasteiger partial charge in [0.2, 0.25) is 0 Å². The number of rotatable bonds is 8. The topological polar surface area (TPSA) is 79.8 Å². The molecule has 164 valence electrons. The van der Waals surface area contributed by atoms with Crippen molar-refractivity contribution in [3.63, 3.8) is 0 Å². The summed E-state index contributed by atoms with van der Waals surface area (Å²) in [7, 11) is 0. The van der Waals surface area contributed by atoms with Gasteiger partial charge in [-0.2, -0.15) is 5.10 Å². The normalized spacial score (nSPS) is 10.7. The molecule has 32 heavy (non-hydrogen) atoms. The Morgan fingerprint density at radius 2 is 1.75 bits per heavy atom. The number of hydrogen-bond acceptors (Lipinski definition) is 4. The maximum absolute atomic E-state index is 11.9. The van der Waals surface area contributed by atoms with Crippen LogP contribution in [0.4, 0.5) is 0 Å². The summed E-state index contributed by atoms with van der Waals surface area (Å²) in [5.74, 6) is -0.917. The molecule has 0 aliphatic heterocycles. The summed E-state index contributed by atoms with van der Waals surface area (Å²) in [6.07, 6.45) is 2.08. The second-order valence-corrected chi connectivity index (χ2v) is 8.02. The van der Waals surface area contributed by atoms with Crippen molar-refractivity contribution in [1.29, 1.82) is 0 Å². The molecule has 3 aromatic rings. The first-order chi connectivity index (χ1) is 15.5. The molecule has 0 fully saturated rings. The summed E-state index contributed by atoms with van der Waals surface area (Å²) in [6.45, 7) is 0.698. The van der Waals surface area contributed by atoms with Gasteiger partial charge in [0, 0.05) is 17.1 Å². The number of nitrogens with one attached hydrogen (secondary N) is 2. The van der Waals surface area contributed by atoms with Gasteiger partial charge in [0.15, 0.2) is 0 Å². The van der Waals surface area contributed by atoms with Gasteiger partial charge in [-0.25, -0.2) is 5.43 Å². The SMILES string of the molecule is O=C(NCCc1ccccc1)C(=O)N/N=C\c1ccc(OCc2ccccc2Cl)c(Br)c1. The standard InChI is InChI=1S/C24H21BrClN3O3/c25-20-14-18(10-11-22(20)32-16-19-8-4-5-9-21(19)26)15-28-29-24(31)23(30)27-13-12-17-6-2-1-3-7-17/h1-11,14-15H,12-13,16H2,(H,27,30)(H,29,31)/b28-15-. The number of hydrazone groups is 1. The second-order valence-electron chi connectivity index (χ2n) is 6.76. The number of amides is 2. The lowest BCUT2D eigenvalue weighted by Gasteiger charge is -2.10. The van der Waals surface area contributed by atoms with Gasteiger partial charge < -0.3 is 10.1 Å². The van der Waals surface area contributed by atoms with Crippen molar-refractivity contribution in [2.45, 2.75) is 13.0 Å². The molecule has 0 atom stereocenters. The van der Waals surface area contributed by atoms with E-state index in [-0.39, 0.29) is 0 Å². The first-order valence-electron chi connectivity index (χ1n) is 9.84. The van der Waals surface area contributed by atoms with E-state index in [4.69, 9.17) is 16.3 Å². The number of carbonyl (C=O) groups excluding carboxylic acids is 2. The molecule has 6 nitrogen and oxygen atoms in total. The molecule has 3 aromatic carbocycles. The Kier molecular flexibility index (Phi) is 8.83. The lowest BCUT2D eigenvalue weighted by molar-refractivity contribution is -0.139. The van der Waals surface area contributed by atoms with Crippen LogP contribution in [0.3, 0.4) is 0 Å². The largest absolute Gasteiger partial charge is 0.488 e. The van der Waals surface area contributed by atoms with Crippen molar-refractivity contribution < 1.29 is 14.3 Å². The Balaban J connectivity index is 1.45. The average molecular weight is 515 g/mol. The van der Waals surface area contributed by atoms with Crippen molar-refractivity contribution in [1.82, 2.24) is 10.7 Å². The van der Waals surface area contributed by atoms with Gasteiger partial charge in [0.25, 0.3) is 0 Å². The minimum atomic E-state index is -0.826. The van der Waals surface area contributed by atoms with Crippen LogP contribution in [0.2, 0.25) is 5.02 Å². The molecule has 2 amide bonds. The molecule has 8 heteroatoms. The molecule has 0 saturated carbocycles. The molecule has 0 aliphatic carbocycles. The van der Waals surface area contributed by atoms with E-state index in [2.05, 4.69) is 31.8 Å². The molecule has 0 spiro atoms. The first kappa shape index (κ1) is 23.5. The van der Waals surface area contributed by atoms with Crippen LogP contribution >= 0.6 is 27.5 Å². The molecule has 0 aliphatic rings. The lowest BCUT2D eigenvalue weighted by Crippen LogP contribution is -2.38. The van der Waals surface area contributed by atoms with Crippen LogP contribution in [-0.4, -0.2) is 24.6 Å². The summed E-state index contributed by atoms with van der Waals surface area (Å²) in [4.78, 5) is 23.7. The highest BCUT2D eigenvalue weighted by Gasteiger charge is 2.11. The van der Waals surface area contributed by atoms with Crippen LogP contribution in [0.25, 0.3) is 0 Å². The Bertz CT molecular complexity index is 1110. The number of nitrogens with zero attached hydrogens (tertiary/aromatic N) is 1. The maximum Gasteiger partial charge on any atom is 0.329 e. The number of ether oxygens (including phenoxy) is 1. The highest BCUT2D eigenvalue weighted by molar-refractivity contribution is 9.10. The molecule has 0 heterocycles. The van der Waals surface area contributed by atoms with Crippen molar-refractivity contribution in [2.75, 3.05) is 6.54 Å². The Hall–Kier alpha value is -3.16. The predicted octanol–water partition coefficient (Wildman–Crippen LogP) is 4.49. The Labute approximate surface area is 199 Å². The maximum atomic E-state index is 11.9. The van der Waals surface area contributed by atoms with E-state index in [1.807, 2.05) is 54.6 Å². The van der Waals surface area contributed by atoms with E-state index >= 15 is 0 Å². The number of halogens is 2. The molecule has 0 radical (unpaired) electrons. The third kappa shape index (κ3) is 7.21. The quantitative estimate of drug-likeness (QED) is 0.264. The minimum absolute atomic E-state index is 0.334. The smallest absolute Gasteiger partial charge is 0.329 e. The highest BCUT2D eigenvalue weighted by atomic mass is 79.9. The van der Waals surface area contributed by atoms with Gasteiger partial charge >= 0.3 is 11.8 Å². The third-order valence-corrected chi connectivity index (χ3v) is 5.41. The van der Waals surface area contributed by atoms with Crippen LogP contribution in [0.1, 0.15) is 16.7 Å². The van der Waals surface area contributed by atoms with Crippen LogP contribution in [0.15, 0.2) is 82.4 Å². The van der Waals surface area contributed by atoms with Gasteiger partial charge in [-0.1, -0.05) is 60.1 Å². The fourth-order valence-electron chi connectivity index (χ4n) is 2.75. The molecule has 2 N–H and O–H groups in total. The van der Waals surface area contributed by atoms with Crippen LogP contribution in [0, 0.1) is 0 Å². The van der Waals surface area contributed by atoms with E-state index in [1.54, 1.807) is 18.2 Å². The van der Waals surface area contributed by atoms with Gasteiger partial charge in [0.05, 0.1) is 10.7 Å². The van der Waals surface area contributed by atoms with E-state index in [1.165, 1.54) is 6.21 Å². The predicted molar refractivity (Wildman–Crippen MR) is 129 cm³/mol. The second kappa shape index (κ2) is 12.0. The molecule has 0 saturated heterocycles. The van der Waals surface area contributed by atoms with Gasteiger partial charge in [-0.15, -0.1) is 0 Å². The number of carbonyl (C=O) groups is 2. The number of hydrogen-bond donors (Lipinski definition) is 2. The van der Waals surface area contributed by atoms with E-state index in [0.717, 1.165) is 15.6 Å². The number of benzene rings is 3. The molecule has 0 aromatic heterocycles. The monoisotopic (exact) mass is 513 g/mol. The zero-order chi connectivity index (χ0) is 22.8. The van der Waals surface area contributed by atoms with Crippen molar-refractivity contribution >= 4 is 45.6 Å². The minimum Gasteiger partial charge on any atom is -0.488 e. The molecular weight excluding hydrogens is 494 g/mol. The fraction of sp³-hybridized carbons (Fsp3) is 0.125. The first-order valence-corrected chi connectivity index (χ1v) is 11.0. The third-order valence-electron chi connectivity index (χ3n) is 4.42. The van der Waals surface area contributed by atoms with Crippen LogP contribution in [-0.2, 0) is 22.6 Å². The van der Waals surface area contributed by atoms with Crippen molar-refractivity contribution in [2.24, 2.45) is 5.10 Å². The van der Waals surface area contributed by atoms with E-state index in [9.17, 15) is 9.59 Å². The summed E-state index contributed by atoms with van der Waals surface area (Å²) < 4.78 is 6.52. The van der Waals surface area contributed by atoms with Crippen molar-refractivity contribution in [3.8, 4) is 5.75 Å². The van der Waals surface area contributed by atoms with E-state index < -0.39 is 11.8 Å². The zero-order valence-electron chi connectivity index (χ0n) is 17.1. The van der Waals surface area contributed by atoms with E-state index in [0.29, 0.717) is 35.9 Å². The fourth-order valence-corrected chi connectivity index (χ4v) is 3.45. The van der Waals surface area contributed by atoms with Gasteiger partial charge in [-0.3, -0.25) is 9.59 Å². The molecule has 0 bridgehead atoms. The summed E-state index contributed by atoms with van der Waals surface area (Å²) in [5.41, 5.74) is 4.90. The zero-order valence-corrected chi connectivity index (χ0v) is 19.4. The average Bonchev–Trinajstić information content (AvgIpc) is 2.80. The summed E-state index contributed by atoms with van der Waals surface area (Å²) in [5, 5.41) is 7.06. The Morgan fingerprint density at radius 1 is 1.00 bits per heavy atom. The Morgan fingerprint density at radius 3 is 2.50 bits per heavy atom.